The SMILES string of the molecule is CCC(N)C(OC1CCCC(C)C1)c1ccc(C)s1. The van der Waals surface area contributed by atoms with Crippen molar-refractivity contribution in [1.29, 1.82) is 0 Å². The van der Waals surface area contributed by atoms with E-state index in [4.69, 9.17) is 10.5 Å². The average Bonchev–Trinajstić information content (AvgIpc) is 2.81. The molecule has 1 aromatic rings. The van der Waals surface area contributed by atoms with Gasteiger partial charge in [-0.25, -0.2) is 0 Å². The van der Waals surface area contributed by atoms with Crippen molar-refractivity contribution in [2.24, 2.45) is 11.7 Å². The van der Waals surface area contributed by atoms with Crippen molar-refractivity contribution in [3.8, 4) is 0 Å². The van der Waals surface area contributed by atoms with Gasteiger partial charge in [0.1, 0.15) is 6.10 Å². The summed E-state index contributed by atoms with van der Waals surface area (Å²) in [5.41, 5.74) is 6.29. The summed E-state index contributed by atoms with van der Waals surface area (Å²) in [5, 5.41) is 0. The van der Waals surface area contributed by atoms with Gasteiger partial charge in [0.2, 0.25) is 0 Å². The molecule has 2 N–H and O–H groups in total. The molecule has 1 aromatic heterocycles. The fourth-order valence-corrected chi connectivity index (χ4v) is 3.90. The van der Waals surface area contributed by atoms with Gasteiger partial charge in [-0.05, 0) is 44.2 Å². The predicted molar refractivity (Wildman–Crippen MR) is 82.6 cm³/mol. The second-order valence-electron chi connectivity index (χ2n) is 5.97. The maximum atomic E-state index is 6.40. The Morgan fingerprint density at radius 2 is 2.21 bits per heavy atom. The van der Waals surface area contributed by atoms with Crippen LogP contribution in [0.3, 0.4) is 0 Å². The van der Waals surface area contributed by atoms with Crippen molar-refractivity contribution in [1.82, 2.24) is 0 Å². The van der Waals surface area contributed by atoms with Crippen LogP contribution in [0, 0.1) is 12.8 Å². The van der Waals surface area contributed by atoms with Crippen LogP contribution in [0.2, 0.25) is 0 Å². The van der Waals surface area contributed by atoms with Gasteiger partial charge in [-0.1, -0.05) is 26.7 Å². The van der Waals surface area contributed by atoms with Gasteiger partial charge in [0.05, 0.1) is 6.10 Å². The molecule has 19 heavy (non-hydrogen) atoms. The highest BCUT2D eigenvalue weighted by Crippen LogP contribution is 2.34. The summed E-state index contributed by atoms with van der Waals surface area (Å²) in [6.45, 7) is 6.62. The highest BCUT2D eigenvalue weighted by atomic mass is 32.1. The normalized spacial score (nSPS) is 27.2. The summed E-state index contributed by atoms with van der Waals surface area (Å²) in [7, 11) is 0. The summed E-state index contributed by atoms with van der Waals surface area (Å²) in [6, 6.07) is 4.46. The summed E-state index contributed by atoms with van der Waals surface area (Å²) in [5.74, 6) is 0.794. The molecule has 3 heteroatoms. The first-order valence-corrected chi connectivity index (χ1v) is 8.39. The van der Waals surface area contributed by atoms with Gasteiger partial charge in [0, 0.05) is 15.8 Å². The van der Waals surface area contributed by atoms with E-state index < -0.39 is 0 Å². The Labute approximate surface area is 121 Å². The molecule has 1 fully saturated rings. The van der Waals surface area contributed by atoms with Crippen molar-refractivity contribution >= 4 is 11.3 Å². The van der Waals surface area contributed by atoms with Gasteiger partial charge in [0.15, 0.2) is 0 Å². The van der Waals surface area contributed by atoms with E-state index in [9.17, 15) is 0 Å². The minimum Gasteiger partial charge on any atom is -0.368 e. The van der Waals surface area contributed by atoms with Crippen LogP contribution < -0.4 is 5.73 Å². The monoisotopic (exact) mass is 281 g/mol. The minimum atomic E-state index is 0.0824. The molecule has 1 aliphatic rings. The molecule has 0 radical (unpaired) electrons. The first-order valence-electron chi connectivity index (χ1n) is 7.57. The van der Waals surface area contributed by atoms with Crippen molar-refractivity contribution < 1.29 is 4.74 Å². The largest absolute Gasteiger partial charge is 0.368 e. The first kappa shape index (κ1) is 15.0. The Bertz CT molecular complexity index is 390. The Hall–Kier alpha value is -0.380. The summed E-state index contributed by atoms with van der Waals surface area (Å²) in [4.78, 5) is 2.63. The highest BCUT2D eigenvalue weighted by Gasteiger charge is 2.27. The van der Waals surface area contributed by atoms with Crippen LogP contribution in [0.4, 0.5) is 0 Å². The van der Waals surface area contributed by atoms with E-state index in [1.165, 1.54) is 35.4 Å². The van der Waals surface area contributed by atoms with E-state index in [-0.39, 0.29) is 12.1 Å². The lowest BCUT2D eigenvalue weighted by Crippen LogP contribution is -2.33. The molecule has 4 atom stereocenters. The standard InChI is InChI=1S/C16H27NOS/c1-4-14(17)16(15-9-8-12(3)19-15)18-13-7-5-6-11(2)10-13/h8-9,11,13-14,16H,4-7,10,17H2,1-3H3. The van der Waals surface area contributed by atoms with Crippen molar-refractivity contribution in [3.63, 3.8) is 0 Å². The van der Waals surface area contributed by atoms with E-state index in [2.05, 4.69) is 32.9 Å². The molecular weight excluding hydrogens is 254 g/mol. The third-order valence-electron chi connectivity index (χ3n) is 4.13. The quantitative estimate of drug-likeness (QED) is 0.866. The Kier molecular flexibility index (Phi) is 5.43. The lowest BCUT2D eigenvalue weighted by molar-refractivity contribution is -0.0501. The van der Waals surface area contributed by atoms with Gasteiger partial charge < -0.3 is 10.5 Å². The maximum Gasteiger partial charge on any atom is 0.107 e. The van der Waals surface area contributed by atoms with Gasteiger partial charge in [-0.3, -0.25) is 0 Å². The first-order chi connectivity index (χ1) is 9.10. The molecule has 0 bridgehead atoms. The van der Waals surface area contributed by atoms with E-state index in [0.29, 0.717) is 6.10 Å². The molecule has 108 valence electrons. The molecule has 2 nitrogen and oxygen atoms in total. The van der Waals surface area contributed by atoms with Gasteiger partial charge in [-0.2, -0.15) is 0 Å². The molecule has 0 aliphatic heterocycles. The third kappa shape index (κ3) is 4.04. The number of hydrogen-bond acceptors (Lipinski definition) is 3. The Morgan fingerprint density at radius 1 is 1.42 bits per heavy atom. The minimum absolute atomic E-state index is 0.0824. The molecule has 0 saturated heterocycles. The third-order valence-corrected chi connectivity index (χ3v) is 5.19. The van der Waals surface area contributed by atoms with Crippen LogP contribution in [-0.2, 0) is 4.74 Å². The fourth-order valence-electron chi connectivity index (χ4n) is 2.91. The lowest BCUT2D eigenvalue weighted by atomic mass is 9.88. The van der Waals surface area contributed by atoms with Crippen LogP contribution >= 0.6 is 11.3 Å². The maximum absolute atomic E-state index is 6.40. The molecule has 1 aliphatic carbocycles. The predicted octanol–water partition coefficient (Wildman–Crippen LogP) is 4.43. The van der Waals surface area contributed by atoms with E-state index in [1.54, 1.807) is 0 Å². The average molecular weight is 281 g/mol. The van der Waals surface area contributed by atoms with Crippen molar-refractivity contribution in [3.05, 3.63) is 21.9 Å². The zero-order chi connectivity index (χ0) is 13.8. The Balaban J connectivity index is 2.05. The lowest BCUT2D eigenvalue weighted by Gasteiger charge is -2.32. The molecule has 1 saturated carbocycles. The van der Waals surface area contributed by atoms with Crippen molar-refractivity contribution in [2.45, 2.75) is 71.1 Å². The van der Waals surface area contributed by atoms with Gasteiger partial charge in [-0.15, -0.1) is 11.3 Å². The molecule has 0 amide bonds. The molecule has 2 rings (SSSR count). The fraction of sp³-hybridized carbons (Fsp3) is 0.750. The van der Waals surface area contributed by atoms with E-state index >= 15 is 0 Å². The van der Waals surface area contributed by atoms with Gasteiger partial charge in [0.25, 0.3) is 0 Å². The summed E-state index contributed by atoms with van der Waals surface area (Å²) >= 11 is 1.82. The topological polar surface area (TPSA) is 35.2 Å². The number of rotatable bonds is 5. The van der Waals surface area contributed by atoms with Crippen LogP contribution in [-0.4, -0.2) is 12.1 Å². The number of hydrogen-bond donors (Lipinski definition) is 1. The number of nitrogens with two attached hydrogens (primary N) is 1. The Morgan fingerprint density at radius 3 is 2.79 bits per heavy atom. The second kappa shape index (κ2) is 6.87. The van der Waals surface area contributed by atoms with E-state index in [0.717, 1.165) is 12.3 Å². The summed E-state index contributed by atoms with van der Waals surface area (Å²) < 4.78 is 6.40. The molecule has 1 heterocycles. The molecule has 0 aromatic carbocycles. The number of aryl methyl sites for hydroxylation is 1. The van der Waals surface area contributed by atoms with Crippen LogP contribution in [0.25, 0.3) is 0 Å². The highest BCUT2D eigenvalue weighted by molar-refractivity contribution is 7.12. The van der Waals surface area contributed by atoms with Crippen LogP contribution in [0.15, 0.2) is 12.1 Å². The molecular formula is C16H27NOS. The molecule has 0 spiro atoms. The van der Waals surface area contributed by atoms with Crippen LogP contribution in [0.5, 0.6) is 0 Å². The van der Waals surface area contributed by atoms with E-state index in [1.807, 2.05) is 11.3 Å². The zero-order valence-electron chi connectivity index (χ0n) is 12.4. The smallest absolute Gasteiger partial charge is 0.107 e. The molecule has 4 unspecified atom stereocenters. The second-order valence-corrected chi connectivity index (χ2v) is 7.29. The van der Waals surface area contributed by atoms with Gasteiger partial charge >= 0.3 is 0 Å². The zero-order valence-corrected chi connectivity index (χ0v) is 13.2. The van der Waals surface area contributed by atoms with Crippen LogP contribution in [0.1, 0.15) is 61.8 Å². The van der Waals surface area contributed by atoms with Crippen molar-refractivity contribution in [2.75, 3.05) is 0 Å². The number of ether oxygens (including phenoxy) is 1. The number of thiophene rings is 1. The summed E-state index contributed by atoms with van der Waals surface area (Å²) in [6.07, 6.45) is 6.47.